The summed E-state index contributed by atoms with van der Waals surface area (Å²) in [6, 6.07) is 1.92. The third-order valence-electron chi connectivity index (χ3n) is 2.72. The first-order chi connectivity index (χ1) is 8.56. The summed E-state index contributed by atoms with van der Waals surface area (Å²) in [5.41, 5.74) is 0.0953. The molecule has 1 aliphatic carbocycles. The molecule has 18 heavy (non-hydrogen) atoms. The van der Waals surface area contributed by atoms with Gasteiger partial charge in [-0.3, -0.25) is 4.79 Å². The van der Waals surface area contributed by atoms with Crippen molar-refractivity contribution >= 4 is 27.5 Å². The Kier molecular flexibility index (Phi) is 4.16. The number of rotatable bonds is 5. The second kappa shape index (κ2) is 5.65. The van der Waals surface area contributed by atoms with Crippen LogP contribution in [0.5, 0.6) is 0 Å². The highest BCUT2D eigenvalue weighted by Crippen LogP contribution is 2.28. The molecule has 0 spiro atoms. The molecule has 0 unspecified atom stereocenters. The maximum Gasteiger partial charge on any atom is 0.239 e. The normalized spacial score (nSPS) is 14.4. The third-order valence-corrected chi connectivity index (χ3v) is 3.34. The Hall–Kier alpha value is -1.17. The summed E-state index contributed by atoms with van der Waals surface area (Å²) in [7, 11) is 0. The Balaban J connectivity index is 1.86. The summed E-state index contributed by atoms with van der Waals surface area (Å²) in [4.78, 5) is 11.5. The van der Waals surface area contributed by atoms with Crippen LogP contribution in [0, 0.1) is 17.6 Å². The maximum absolute atomic E-state index is 13.4. The van der Waals surface area contributed by atoms with Gasteiger partial charge in [0, 0.05) is 17.1 Å². The fourth-order valence-corrected chi connectivity index (χ4v) is 2.07. The van der Waals surface area contributed by atoms with Crippen LogP contribution in [0.15, 0.2) is 16.6 Å². The first-order valence-corrected chi connectivity index (χ1v) is 6.50. The monoisotopic (exact) mass is 318 g/mol. The van der Waals surface area contributed by atoms with Gasteiger partial charge in [-0.1, -0.05) is 0 Å². The van der Waals surface area contributed by atoms with Crippen LogP contribution in [-0.2, 0) is 4.79 Å². The van der Waals surface area contributed by atoms with Crippen LogP contribution in [-0.4, -0.2) is 19.0 Å². The number of carbonyl (C=O) groups is 1. The number of hydrogen-bond donors (Lipinski definition) is 2. The molecule has 0 heterocycles. The molecule has 0 saturated heterocycles. The van der Waals surface area contributed by atoms with E-state index in [1.54, 1.807) is 0 Å². The van der Waals surface area contributed by atoms with Crippen molar-refractivity contribution in [3.05, 3.63) is 28.2 Å². The smallest absolute Gasteiger partial charge is 0.239 e. The van der Waals surface area contributed by atoms with E-state index in [9.17, 15) is 13.6 Å². The van der Waals surface area contributed by atoms with Crippen molar-refractivity contribution in [2.45, 2.75) is 12.8 Å². The molecule has 3 nitrogen and oxygen atoms in total. The third kappa shape index (κ3) is 3.66. The molecule has 0 atom stereocenters. The van der Waals surface area contributed by atoms with Crippen LogP contribution in [0.1, 0.15) is 12.8 Å². The molecule has 0 radical (unpaired) electrons. The fourth-order valence-electron chi connectivity index (χ4n) is 1.52. The minimum atomic E-state index is -0.725. The van der Waals surface area contributed by atoms with Crippen LogP contribution in [0.2, 0.25) is 0 Å². The highest BCUT2D eigenvalue weighted by Gasteiger charge is 2.21. The van der Waals surface area contributed by atoms with Crippen LogP contribution in [0.3, 0.4) is 0 Å². The summed E-state index contributed by atoms with van der Waals surface area (Å²) in [6.45, 7) is 0.640. The molecule has 1 aromatic rings. The van der Waals surface area contributed by atoms with Gasteiger partial charge in [-0.25, -0.2) is 8.78 Å². The Bertz CT molecular complexity index is 440. The van der Waals surface area contributed by atoms with Crippen molar-refractivity contribution in [2.24, 2.45) is 5.92 Å². The Morgan fingerprint density at radius 3 is 2.72 bits per heavy atom. The van der Waals surface area contributed by atoms with Gasteiger partial charge in [0.2, 0.25) is 5.91 Å². The number of hydrogen-bond acceptors (Lipinski definition) is 2. The molecule has 2 rings (SSSR count). The van der Waals surface area contributed by atoms with E-state index in [0.717, 1.165) is 25.0 Å². The van der Waals surface area contributed by atoms with E-state index in [4.69, 9.17) is 0 Å². The van der Waals surface area contributed by atoms with Crippen LogP contribution in [0.4, 0.5) is 14.5 Å². The maximum atomic E-state index is 13.4. The summed E-state index contributed by atoms with van der Waals surface area (Å²) in [6.07, 6.45) is 2.32. The van der Waals surface area contributed by atoms with Gasteiger partial charge in [-0.15, -0.1) is 0 Å². The predicted octanol–water partition coefficient (Wildman–Crippen LogP) is 2.67. The molecule has 98 valence electrons. The van der Waals surface area contributed by atoms with E-state index < -0.39 is 11.6 Å². The molecule has 1 aromatic carbocycles. The molecular weight excluding hydrogens is 306 g/mol. The second-order valence-electron chi connectivity index (χ2n) is 4.35. The van der Waals surface area contributed by atoms with Gasteiger partial charge >= 0.3 is 0 Å². The van der Waals surface area contributed by atoms with Gasteiger partial charge in [-0.2, -0.15) is 0 Å². The minimum absolute atomic E-state index is 0.0339. The number of carbonyl (C=O) groups excluding carboxylic acids is 1. The number of benzene rings is 1. The summed E-state index contributed by atoms with van der Waals surface area (Å²) in [5, 5.41) is 5.40. The molecule has 0 aromatic heterocycles. The zero-order valence-electron chi connectivity index (χ0n) is 9.60. The van der Waals surface area contributed by atoms with Crippen LogP contribution in [0.25, 0.3) is 0 Å². The van der Waals surface area contributed by atoms with Gasteiger partial charge < -0.3 is 10.6 Å². The molecule has 1 amide bonds. The average molecular weight is 319 g/mol. The molecule has 1 aliphatic rings. The fraction of sp³-hybridized carbons (Fsp3) is 0.417. The zero-order valence-corrected chi connectivity index (χ0v) is 11.2. The topological polar surface area (TPSA) is 41.1 Å². The quantitative estimate of drug-likeness (QED) is 0.876. The summed E-state index contributed by atoms with van der Waals surface area (Å²) < 4.78 is 26.5. The summed E-state index contributed by atoms with van der Waals surface area (Å²) >= 11 is 3.05. The van der Waals surface area contributed by atoms with E-state index in [1.165, 1.54) is 0 Å². The number of halogens is 3. The van der Waals surface area contributed by atoms with Crippen molar-refractivity contribution in [3.8, 4) is 0 Å². The lowest BCUT2D eigenvalue weighted by atomic mass is 10.3. The van der Waals surface area contributed by atoms with Crippen LogP contribution >= 0.6 is 15.9 Å². The van der Waals surface area contributed by atoms with E-state index in [0.29, 0.717) is 12.5 Å². The molecule has 1 saturated carbocycles. The predicted molar refractivity (Wildman–Crippen MR) is 68.3 cm³/mol. The first-order valence-electron chi connectivity index (χ1n) is 5.71. The first kappa shape index (κ1) is 13.3. The van der Waals surface area contributed by atoms with E-state index in [2.05, 4.69) is 26.6 Å². The number of nitrogens with one attached hydrogen (secondary N) is 2. The number of anilines is 1. The molecule has 0 aliphatic heterocycles. The van der Waals surface area contributed by atoms with E-state index in [1.807, 2.05) is 0 Å². The van der Waals surface area contributed by atoms with Gasteiger partial charge in [0.15, 0.2) is 0 Å². The molecule has 0 bridgehead atoms. The largest absolute Gasteiger partial charge is 0.373 e. The van der Waals surface area contributed by atoms with Crippen molar-refractivity contribution < 1.29 is 13.6 Å². The molecular formula is C12H13BrF2N2O. The Morgan fingerprint density at radius 2 is 2.11 bits per heavy atom. The lowest BCUT2D eigenvalue weighted by Gasteiger charge is -2.10. The number of amides is 1. The molecule has 1 fully saturated rings. The van der Waals surface area contributed by atoms with Crippen molar-refractivity contribution in [1.82, 2.24) is 5.32 Å². The second-order valence-corrected chi connectivity index (χ2v) is 5.20. The zero-order chi connectivity index (χ0) is 13.1. The van der Waals surface area contributed by atoms with Crippen LogP contribution < -0.4 is 10.6 Å². The van der Waals surface area contributed by atoms with Gasteiger partial charge in [0.25, 0.3) is 0 Å². The average Bonchev–Trinajstić information content (AvgIpc) is 3.08. The minimum Gasteiger partial charge on any atom is -0.373 e. The molecule has 2 N–H and O–H groups in total. The van der Waals surface area contributed by atoms with E-state index in [-0.39, 0.29) is 22.6 Å². The lowest BCUT2D eigenvalue weighted by molar-refractivity contribution is -0.119. The highest BCUT2D eigenvalue weighted by atomic mass is 79.9. The Labute approximate surface area is 112 Å². The van der Waals surface area contributed by atoms with Crippen molar-refractivity contribution in [3.63, 3.8) is 0 Å². The lowest BCUT2D eigenvalue weighted by Crippen LogP contribution is -2.31. The van der Waals surface area contributed by atoms with Gasteiger partial charge in [-0.05, 0) is 40.8 Å². The Morgan fingerprint density at radius 1 is 1.39 bits per heavy atom. The van der Waals surface area contributed by atoms with Crippen molar-refractivity contribution in [2.75, 3.05) is 18.4 Å². The van der Waals surface area contributed by atoms with Crippen molar-refractivity contribution in [1.29, 1.82) is 0 Å². The summed E-state index contributed by atoms with van der Waals surface area (Å²) in [5.74, 6) is -0.985. The van der Waals surface area contributed by atoms with Gasteiger partial charge in [0.05, 0.1) is 12.2 Å². The molecule has 6 heteroatoms. The SMILES string of the molecule is O=C(CNc1c(F)cc(F)cc1Br)NCC1CC1. The van der Waals surface area contributed by atoms with E-state index >= 15 is 0 Å². The standard InChI is InChI=1S/C12H13BrF2N2O/c13-9-3-8(14)4-10(15)12(9)17-6-11(18)16-5-7-1-2-7/h3-4,7,17H,1-2,5-6H2,(H,16,18). The van der Waals surface area contributed by atoms with Gasteiger partial charge in [0.1, 0.15) is 11.6 Å². The highest BCUT2D eigenvalue weighted by molar-refractivity contribution is 9.10.